The van der Waals surface area contributed by atoms with Crippen molar-refractivity contribution in [3.63, 3.8) is 0 Å². The van der Waals surface area contributed by atoms with Gasteiger partial charge in [-0.3, -0.25) is 0 Å². The van der Waals surface area contributed by atoms with Crippen LogP contribution >= 0.6 is 11.3 Å². The van der Waals surface area contributed by atoms with Gasteiger partial charge in [0.25, 0.3) is 0 Å². The summed E-state index contributed by atoms with van der Waals surface area (Å²) in [7, 11) is 0. The van der Waals surface area contributed by atoms with Gasteiger partial charge in [-0.2, -0.15) is 0 Å². The fourth-order valence-corrected chi connectivity index (χ4v) is 2.84. The van der Waals surface area contributed by atoms with Crippen LogP contribution in [0.25, 0.3) is 0 Å². The van der Waals surface area contributed by atoms with Crippen LogP contribution in [0.3, 0.4) is 0 Å². The molecule has 1 unspecified atom stereocenters. The molecule has 3 nitrogen and oxygen atoms in total. The van der Waals surface area contributed by atoms with Crippen molar-refractivity contribution in [2.24, 2.45) is 5.73 Å². The highest BCUT2D eigenvalue weighted by atomic mass is 32.1. The van der Waals surface area contributed by atoms with Crippen LogP contribution in [-0.4, -0.2) is 11.6 Å². The number of nitrogens with two attached hydrogens (primary N) is 1. The van der Waals surface area contributed by atoms with Gasteiger partial charge in [-0.1, -0.05) is 0 Å². The lowest BCUT2D eigenvalue weighted by atomic mass is 10.2. The number of hydrogen-bond acceptors (Lipinski definition) is 4. The molecule has 0 aromatic carbocycles. The van der Waals surface area contributed by atoms with Crippen LogP contribution in [0.5, 0.6) is 0 Å². The lowest BCUT2D eigenvalue weighted by Gasteiger charge is -2.05. The summed E-state index contributed by atoms with van der Waals surface area (Å²) in [5.74, 6) is 0. The summed E-state index contributed by atoms with van der Waals surface area (Å²) in [6.45, 7) is 0.882. The quantitative estimate of drug-likeness (QED) is 0.811. The molecule has 2 fully saturated rings. The summed E-state index contributed by atoms with van der Waals surface area (Å²) in [4.78, 5) is 4.59. The summed E-state index contributed by atoms with van der Waals surface area (Å²) in [6, 6.07) is 0. The molecule has 1 aromatic rings. The smallest absolute Gasteiger partial charge is 0.122 e. The number of nitrogens with zero attached hydrogens (tertiary/aromatic N) is 1. The number of ether oxygens (including phenoxy) is 1. The number of hydrogen-bond donors (Lipinski definition) is 1. The number of rotatable bonds is 2. The molecular weight excluding hydrogens is 196 g/mol. The van der Waals surface area contributed by atoms with E-state index in [0.29, 0.717) is 0 Å². The Morgan fingerprint density at radius 1 is 1.57 bits per heavy atom. The first kappa shape index (κ1) is 8.83. The zero-order valence-corrected chi connectivity index (χ0v) is 8.85. The lowest BCUT2D eigenvalue weighted by molar-refractivity contribution is 0.111. The topological polar surface area (TPSA) is 48.1 Å². The van der Waals surface area contributed by atoms with Gasteiger partial charge in [0.15, 0.2) is 0 Å². The highest BCUT2D eigenvalue weighted by Crippen LogP contribution is 2.44. The average Bonchev–Trinajstić information content (AvgIpc) is 2.73. The minimum Gasteiger partial charge on any atom is -0.371 e. The van der Waals surface area contributed by atoms with Crippen molar-refractivity contribution in [1.82, 2.24) is 4.98 Å². The Labute approximate surface area is 87.3 Å². The predicted octanol–water partition coefficient (Wildman–Crippen LogP) is 1.94. The van der Waals surface area contributed by atoms with Crippen LogP contribution in [0.2, 0.25) is 0 Å². The van der Waals surface area contributed by atoms with E-state index in [1.807, 2.05) is 0 Å². The van der Waals surface area contributed by atoms with Crippen molar-refractivity contribution < 1.29 is 4.74 Å². The van der Waals surface area contributed by atoms with Gasteiger partial charge in [0, 0.05) is 12.0 Å². The van der Waals surface area contributed by atoms with E-state index in [2.05, 4.69) is 10.4 Å². The Hall–Kier alpha value is -0.450. The van der Waals surface area contributed by atoms with Crippen molar-refractivity contribution in [2.75, 3.05) is 6.61 Å². The van der Waals surface area contributed by atoms with E-state index in [-0.39, 0.29) is 11.6 Å². The van der Waals surface area contributed by atoms with E-state index in [1.165, 1.54) is 0 Å². The average molecular weight is 210 g/mol. The molecule has 1 atom stereocenters. The van der Waals surface area contributed by atoms with Crippen molar-refractivity contribution in [3.8, 4) is 0 Å². The van der Waals surface area contributed by atoms with E-state index in [1.54, 1.807) is 11.3 Å². The number of thiazole rings is 1. The third-order valence-corrected chi connectivity index (χ3v) is 3.96. The second-order valence-electron chi connectivity index (χ2n) is 4.23. The molecule has 2 heterocycles. The third kappa shape index (κ3) is 1.38. The Morgan fingerprint density at radius 2 is 2.43 bits per heavy atom. The fraction of sp³-hybridized carbons (Fsp3) is 0.700. The lowest BCUT2D eigenvalue weighted by Crippen LogP contribution is -2.19. The second kappa shape index (κ2) is 3.02. The molecule has 2 N–H and O–H groups in total. The van der Waals surface area contributed by atoms with Gasteiger partial charge in [-0.25, -0.2) is 4.98 Å². The molecule has 0 amide bonds. The largest absolute Gasteiger partial charge is 0.371 e. The van der Waals surface area contributed by atoms with Crippen LogP contribution < -0.4 is 5.73 Å². The van der Waals surface area contributed by atoms with Gasteiger partial charge < -0.3 is 10.5 Å². The standard InChI is InChI=1S/C10H14N2OS/c11-10(3-4-10)8-6-14-9(12-8)7-2-1-5-13-7/h6-7H,1-5,11H2. The molecule has 2 aliphatic rings. The Kier molecular flexibility index (Phi) is 1.90. The van der Waals surface area contributed by atoms with Gasteiger partial charge in [0.2, 0.25) is 0 Å². The SMILES string of the molecule is NC1(c2csc(C3CCCO3)n2)CC1. The monoisotopic (exact) mass is 210 g/mol. The maximum absolute atomic E-state index is 6.08. The third-order valence-electron chi connectivity index (χ3n) is 3.03. The first-order valence-corrected chi connectivity index (χ1v) is 6.02. The van der Waals surface area contributed by atoms with E-state index in [4.69, 9.17) is 10.5 Å². The van der Waals surface area contributed by atoms with Crippen molar-refractivity contribution >= 4 is 11.3 Å². The van der Waals surface area contributed by atoms with Crippen LogP contribution in [0.4, 0.5) is 0 Å². The normalized spacial score (nSPS) is 29.4. The maximum atomic E-state index is 6.08. The Balaban J connectivity index is 1.82. The number of aromatic nitrogens is 1. The fourth-order valence-electron chi connectivity index (χ4n) is 1.83. The van der Waals surface area contributed by atoms with Crippen LogP contribution in [0, 0.1) is 0 Å². The minimum atomic E-state index is -0.0899. The maximum Gasteiger partial charge on any atom is 0.122 e. The molecule has 0 bridgehead atoms. The molecule has 1 aromatic heterocycles. The van der Waals surface area contributed by atoms with Crippen LogP contribution in [-0.2, 0) is 10.3 Å². The van der Waals surface area contributed by atoms with E-state index < -0.39 is 0 Å². The van der Waals surface area contributed by atoms with Crippen LogP contribution in [0.1, 0.15) is 42.5 Å². The molecule has 14 heavy (non-hydrogen) atoms. The summed E-state index contributed by atoms with van der Waals surface area (Å²) in [5.41, 5.74) is 7.07. The van der Waals surface area contributed by atoms with Crippen LogP contribution in [0.15, 0.2) is 5.38 Å². The van der Waals surface area contributed by atoms with Gasteiger partial charge in [-0.05, 0) is 25.7 Å². The highest BCUT2D eigenvalue weighted by molar-refractivity contribution is 7.09. The Morgan fingerprint density at radius 3 is 3.07 bits per heavy atom. The predicted molar refractivity (Wildman–Crippen MR) is 55.1 cm³/mol. The van der Waals surface area contributed by atoms with Crippen molar-refractivity contribution in [2.45, 2.75) is 37.3 Å². The first-order chi connectivity index (χ1) is 6.78. The summed E-state index contributed by atoms with van der Waals surface area (Å²) >= 11 is 1.70. The molecular formula is C10H14N2OS. The van der Waals surface area contributed by atoms with Crippen molar-refractivity contribution in [1.29, 1.82) is 0 Å². The second-order valence-corrected chi connectivity index (χ2v) is 5.12. The Bertz CT molecular complexity index is 340. The van der Waals surface area contributed by atoms with E-state index in [9.17, 15) is 0 Å². The molecule has 1 aliphatic heterocycles. The molecule has 4 heteroatoms. The van der Waals surface area contributed by atoms with E-state index in [0.717, 1.165) is 43.0 Å². The molecule has 1 aliphatic carbocycles. The summed E-state index contributed by atoms with van der Waals surface area (Å²) in [5, 5.41) is 3.22. The van der Waals surface area contributed by atoms with Gasteiger partial charge in [0.1, 0.15) is 11.1 Å². The molecule has 1 saturated carbocycles. The van der Waals surface area contributed by atoms with Crippen molar-refractivity contribution in [3.05, 3.63) is 16.1 Å². The molecule has 0 radical (unpaired) electrons. The molecule has 76 valence electrons. The minimum absolute atomic E-state index is 0.0899. The van der Waals surface area contributed by atoms with Gasteiger partial charge >= 0.3 is 0 Å². The molecule has 1 saturated heterocycles. The molecule has 3 rings (SSSR count). The zero-order chi connectivity index (χ0) is 9.60. The van der Waals surface area contributed by atoms with E-state index >= 15 is 0 Å². The van der Waals surface area contributed by atoms with Gasteiger partial charge in [0.05, 0.1) is 11.2 Å². The van der Waals surface area contributed by atoms with Gasteiger partial charge in [-0.15, -0.1) is 11.3 Å². The zero-order valence-electron chi connectivity index (χ0n) is 8.03. The molecule has 0 spiro atoms. The highest BCUT2D eigenvalue weighted by Gasteiger charge is 2.42. The summed E-state index contributed by atoms with van der Waals surface area (Å²) < 4.78 is 5.59. The summed E-state index contributed by atoms with van der Waals surface area (Å²) in [6.07, 6.45) is 4.69. The first-order valence-electron chi connectivity index (χ1n) is 5.14.